The first kappa shape index (κ1) is 17.7. The fraction of sp³-hybridized carbons (Fsp3) is 0.300. The fourth-order valence-corrected chi connectivity index (χ4v) is 3.69. The first-order chi connectivity index (χ1) is 14.0. The highest BCUT2D eigenvalue weighted by Gasteiger charge is 2.35. The van der Waals surface area contributed by atoms with Gasteiger partial charge in [-0.1, -0.05) is 12.1 Å². The zero-order chi connectivity index (χ0) is 20.0. The summed E-state index contributed by atoms with van der Waals surface area (Å²) in [6.07, 6.45) is 3.80. The molecule has 148 valence electrons. The SMILES string of the molecule is Cn1cc(C2(C)CN(c3ccc4nnc(-c5ccccc5F)n4n3)CCO2)cn1. The number of aromatic nitrogens is 6. The van der Waals surface area contributed by atoms with Crippen LogP contribution in [0, 0.1) is 5.82 Å². The number of anilines is 1. The van der Waals surface area contributed by atoms with Crippen LogP contribution in [-0.4, -0.2) is 49.3 Å². The van der Waals surface area contributed by atoms with Crippen molar-refractivity contribution in [3.05, 3.63) is 60.2 Å². The maximum Gasteiger partial charge on any atom is 0.188 e. The van der Waals surface area contributed by atoms with Gasteiger partial charge < -0.3 is 9.64 Å². The van der Waals surface area contributed by atoms with Gasteiger partial charge in [-0.15, -0.1) is 15.3 Å². The molecule has 1 saturated heterocycles. The van der Waals surface area contributed by atoms with E-state index in [0.29, 0.717) is 36.7 Å². The summed E-state index contributed by atoms with van der Waals surface area (Å²) in [6, 6.07) is 10.2. The highest BCUT2D eigenvalue weighted by molar-refractivity contribution is 5.60. The molecule has 9 heteroatoms. The van der Waals surface area contributed by atoms with Crippen molar-refractivity contribution in [3.8, 4) is 11.4 Å². The lowest BCUT2D eigenvalue weighted by Crippen LogP contribution is -2.48. The van der Waals surface area contributed by atoms with E-state index < -0.39 is 5.60 Å². The van der Waals surface area contributed by atoms with Crippen LogP contribution in [0.5, 0.6) is 0 Å². The van der Waals surface area contributed by atoms with Crippen LogP contribution < -0.4 is 4.90 Å². The summed E-state index contributed by atoms with van der Waals surface area (Å²) < 4.78 is 23.7. The highest BCUT2D eigenvalue weighted by atomic mass is 19.1. The molecule has 3 aromatic heterocycles. The monoisotopic (exact) mass is 393 g/mol. The average Bonchev–Trinajstić information content (AvgIpc) is 3.35. The molecular formula is C20H20FN7O. The Morgan fingerprint density at radius 1 is 1.14 bits per heavy atom. The third-order valence-electron chi connectivity index (χ3n) is 5.28. The molecule has 0 amide bonds. The zero-order valence-electron chi connectivity index (χ0n) is 16.2. The van der Waals surface area contributed by atoms with Crippen molar-refractivity contribution < 1.29 is 9.13 Å². The molecule has 0 N–H and O–H groups in total. The molecule has 4 heterocycles. The summed E-state index contributed by atoms with van der Waals surface area (Å²) in [7, 11) is 1.89. The largest absolute Gasteiger partial charge is 0.367 e. The Hall–Kier alpha value is -3.33. The molecule has 0 saturated carbocycles. The van der Waals surface area contributed by atoms with Gasteiger partial charge in [-0.3, -0.25) is 4.68 Å². The van der Waals surface area contributed by atoms with Gasteiger partial charge in [0.05, 0.1) is 24.9 Å². The van der Waals surface area contributed by atoms with E-state index in [1.54, 1.807) is 27.4 Å². The van der Waals surface area contributed by atoms with E-state index in [0.717, 1.165) is 11.4 Å². The summed E-state index contributed by atoms with van der Waals surface area (Å²) in [6.45, 7) is 3.94. The molecular weight excluding hydrogens is 373 g/mol. The molecule has 1 atom stereocenters. The molecule has 0 bridgehead atoms. The van der Waals surface area contributed by atoms with Crippen LogP contribution >= 0.6 is 0 Å². The number of aryl methyl sites for hydroxylation is 1. The second kappa shape index (κ2) is 6.63. The predicted octanol–water partition coefficient (Wildman–Crippen LogP) is 2.42. The summed E-state index contributed by atoms with van der Waals surface area (Å²) in [5.41, 5.74) is 1.45. The summed E-state index contributed by atoms with van der Waals surface area (Å²) in [4.78, 5) is 2.15. The molecule has 0 radical (unpaired) electrons. The summed E-state index contributed by atoms with van der Waals surface area (Å²) in [5, 5.41) is 17.3. The maximum absolute atomic E-state index is 14.3. The van der Waals surface area contributed by atoms with Gasteiger partial charge in [0, 0.05) is 25.4 Å². The minimum absolute atomic E-state index is 0.357. The van der Waals surface area contributed by atoms with Crippen molar-refractivity contribution in [1.82, 2.24) is 29.6 Å². The van der Waals surface area contributed by atoms with Crippen molar-refractivity contribution in [2.24, 2.45) is 7.05 Å². The molecule has 4 aromatic rings. The van der Waals surface area contributed by atoms with E-state index in [9.17, 15) is 4.39 Å². The van der Waals surface area contributed by atoms with Crippen LogP contribution in [-0.2, 0) is 17.4 Å². The van der Waals surface area contributed by atoms with Gasteiger partial charge in [-0.05, 0) is 31.2 Å². The maximum atomic E-state index is 14.3. The number of hydrogen-bond acceptors (Lipinski definition) is 6. The third-order valence-corrected chi connectivity index (χ3v) is 5.28. The van der Waals surface area contributed by atoms with E-state index in [1.165, 1.54) is 6.07 Å². The number of hydrogen-bond donors (Lipinski definition) is 0. The number of fused-ring (bicyclic) bond motifs is 1. The molecule has 1 aliphatic heterocycles. The van der Waals surface area contributed by atoms with Gasteiger partial charge in [0.25, 0.3) is 0 Å². The van der Waals surface area contributed by atoms with Crippen LogP contribution in [0.25, 0.3) is 17.0 Å². The van der Waals surface area contributed by atoms with Crippen molar-refractivity contribution >= 4 is 11.5 Å². The van der Waals surface area contributed by atoms with Gasteiger partial charge in [0.2, 0.25) is 0 Å². The molecule has 8 nitrogen and oxygen atoms in total. The lowest BCUT2D eigenvalue weighted by Gasteiger charge is -2.40. The van der Waals surface area contributed by atoms with Gasteiger partial charge >= 0.3 is 0 Å². The third kappa shape index (κ3) is 3.03. The standard InChI is InChI=1S/C20H20FN7O/c1-20(14-11-22-26(2)12-14)13-27(9-10-29-20)18-8-7-17-23-24-19(28(17)25-18)15-5-3-4-6-16(15)21/h3-8,11-12H,9-10,13H2,1-2H3. The number of ether oxygens (including phenoxy) is 1. The number of rotatable bonds is 3. The molecule has 1 aromatic carbocycles. The summed E-state index contributed by atoms with van der Waals surface area (Å²) >= 11 is 0. The Bertz CT molecular complexity index is 1190. The van der Waals surface area contributed by atoms with E-state index >= 15 is 0 Å². The second-order valence-electron chi connectivity index (χ2n) is 7.37. The van der Waals surface area contributed by atoms with Gasteiger partial charge in [-0.25, -0.2) is 4.39 Å². The molecule has 1 aliphatic rings. The van der Waals surface area contributed by atoms with Crippen molar-refractivity contribution in [2.75, 3.05) is 24.6 Å². The lowest BCUT2D eigenvalue weighted by atomic mass is 9.97. The smallest absolute Gasteiger partial charge is 0.188 e. The van der Waals surface area contributed by atoms with Crippen LogP contribution in [0.4, 0.5) is 10.2 Å². The quantitative estimate of drug-likeness (QED) is 0.532. The minimum atomic E-state index is -0.495. The number of nitrogens with zero attached hydrogens (tertiary/aromatic N) is 7. The molecule has 1 unspecified atom stereocenters. The minimum Gasteiger partial charge on any atom is -0.367 e. The Labute approximate surface area is 166 Å². The fourth-order valence-electron chi connectivity index (χ4n) is 3.69. The molecule has 29 heavy (non-hydrogen) atoms. The second-order valence-corrected chi connectivity index (χ2v) is 7.37. The van der Waals surface area contributed by atoms with E-state index in [1.807, 2.05) is 31.6 Å². The Morgan fingerprint density at radius 3 is 2.79 bits per heavy atom. The molecule has 5 rings (SSSR count). The number of morpholine rings is 1. The molecule has 1 fully saturated rings. The average molecular weight is 393 g/mol. The van der Waals surface area contributed by atoms with E-state index in [2.05, 4.69) is 27.1 Å². The first-order valence-electron chi connectivity index (χ1n) is 9.39. The van der Waals surface area contributed by atoms with Crippen LogP contribution in [0.15, 0.2) is 48.8 Å². The predicted molar refractivity (Wildman–Crippen MR) is 105 cm³/mol. The zero-order valence-corrected chi connectivity index (χ0v) is 16.2. The van der Waals surface area contributed by atoms with Crippen molar-refractivity contribution in [1.29, 1.82) is 0 Å². The number of halogens is 1. The molecule has 0 spiro atoms. The van der Waals surface area contributed by atoms with Gasteiger partial charge in [0.1, 0.15) is 17.2 Å². The molecule has 0 aliphatic carbocycles. The van der Waals surface area contributed by atoms with Gasteiger partial charge in [0.15, 0.2) is 11.5 Å². The van der Waals surface area contributed by atoms with Gasteiger partial charge in [-0.2, -0.15) is 9.61 Å². The Morgan fingerprint density at radius 2 is 2.00 bits per heavy atom. The van der Waals surface area contributed by atoms with Crippen LogP contribution in [0.2, 0.25) is 0 Å². The number of benzene rings is 1. The van der Waals surface area contributed by atoms with Crippen molar-refractivity contribution in [3.63, 3.8) is 0 Å². The normalized spacial score (nSPS) is 19.8. The first-order valence-corrected chi connectivity index (χ1v) is 9.39. The Balaban J connectivity index is 1.52. The van der Waals surface area contributed by atoms with E-state index in [-0.39, 0.29) is 5.82 Å². The van der Waals surface area contributed by atoms with E-state index in [4.69, 9.17) is 9.84 Å². The Kier molecular flexibility index (Phi) is 4.06. The van der Waals surface area contributed by atoms with Crippen LogP contribution in [0.1, 0.15) is 12.5 Å². The lowest BCUT2D eigenvalue weighted by molar-refractivity contribution is -0.0468. The van der Waals surface area contributed by atoms with Crippen molar-refractivity contribution in [2.45, 2.75) is 12.5 Å². The van der Waals surface area contributed by atoms with Crippen LogP contribution in [0.3, 0.4) is 0 Å². The summed E-state index contributed by atoms with van der Waals surface area (Å²) in [5.74, 6) is 0.779. The topological polar surface area (TPSA) is 73.4 Å². The highest BCUT2D eigenvalue weighted by Crippen LogP contribution is 2.31.